The van der Waals surface area contributed by atoms with Crippen LogP contribution in [0.25, 0.3) is 0 Å². The van der Waals surface area contributed by atoms with Gasteiger partial charge in [-0.05, 0) is 30.2 Å². The molecule has 1 saturated heterocycles. The van der Waals surface area contributed by atoms with Gasteiger partial charge in [0.15, 0.2) is 0 Å². The van der Waals surface area contributed by atoms with E-state index < -0.39 is 21.8 Å². The number of sulfonamides is 1. The Labute approximate surface area is 156 Å². The molecule has 1 N–H and O–H groups in total. The second-order valence-corrected chi connectivity index (χ2v) is 8.22. The summed E-state index contributed by atoms with van der Waals surface area (Å²) < 4.78 is 24.8. The first-order chi connectivity index (χ1) is 12.4. The molecule has 1 fully saturated rings. The number of nitrogens with zero attached hydrogens (tertiary/aromatic N) is 1. The number of carbonyl (C=O) groups excluding carboxylic acids is 2. The van der Waals surface area contributed by atoms with Crippen molar-refractivity contribution in [3.8, 4) is 0 Å². The lowest BCUT2D eigenvalue weighted by Gasteiger charge is -2.16. The fourth-order valence-electron chi connectivity index (χ4n) is 2.74. The minimum absolute atomic E-state index is 0.0659. The summed E-state index contributed by atoms with van der Waals surface area (Å²) in [7, 11) is -3.69. The second kappa shape index (κ2) is 7.47. The van der Waals surface area contributed by atoms with Crippen molar-refractivity contribution in [3.63, 3.8) is 0 Å². The largest absolute Gasteiger partial charge is 0.352 e. The second-order valence-electron chi connectivity index (χ2n) is 5.88. The summed E-state index contributed by atoms with van der Waals surface area (Å²) in [6.45, 7) is 0.407. The van der Waals surface area contributed by atoms with Crippen LogP contribution in [0, 0.1) is 0 Å². The summed E-state index contributed by atoms with van der Waals surface area (Å²) in [4.78, 5) is 24.3. The summed E-state index contributed by atoms with van der Waals surface area (Å²) in [6.07, 6.45) is 0.590. The van der Waals surface area contributed by atoms with Crippen molar-refractivity contribution in [2.45, 2.75) is 12.8 Å². The Kier molecular flexibility index (Phi) is 5.29. The normalized spacial score (nSPS) is 15.9. The molecular formula is C18H17ClN2O4S. The number of amides is 2. The Bertz CT molecular complexity index is 945. The average Bonchev–Trinajstić information content (AvgIpc) is 2.89. The fourth-order valence-corrected chi connectivity index (χ4v) is 4.40. The smallest absolute Gasteiger partial charge is 0.252 e. The van der Waals surface area contributed by atoms with Crippen LogP contribution in [-0.2, 0) is 21.2 Å². The molecule has 3 rings (SSSR count). The third kappa shape index (κ3) is 3.89. The molecule has 0 aliphatic carbocycles. The molecule has 26 heavy (non-hydrogen) atoms. The standard InChI is InChI=1S/C18H17ClN2O4S/c19-16-7-6-14(21-17(22)9-11-26(21,24)25)12-15(16)18(23)20-10-8-13-4-2-1-3-5-13/h1-7,12H,8-11H2,(H,20,23). The Morgan fingerprint density at radius 1 is 1.15 bits per heavy atom. The predicted molar refractivity (Wildman–Crippen MR) is 99.8 cm³/mol. The van der Waals surface area contributed by atoms with Gasteiger partial charge in [0.1, 0.15) is 0 Å². The Morgan fingerprint density at radius 2 is 1.88 bits per heavy atom. The van der Waals surface area contributed by atoms with Crippen LogP contribution in [0.2, 0.25) is 5.02 Å². The van der Waals surface area contributed by atoms with Crippen molar-refractivity contribution in [2.24, 2.45) is 0 Å². The molecule has 6 nitrogen and oxygen atoms in total. The third-order valence-electron chi connectivity index (χ3n) is 4.05. The molecule has 1 aliphatic heterocycles. The Balaban J connectivity index is 1.75. The number of hydrogen-bond donors (Lipinski definition) is 1. The molecule has 1 aliphatic rings. The van der Waals surface area contributed by atoms with Crippen molar-refractivity contribution in [2.75, 3.05) is 16.6 Å². The summed E-state index contributed by atoms with van der Waals surface area (Å²) in [5.41, 5.74) is 1.35. The van der Waals surface area contributed by atoms with E-state index in [-0.39, 0.29) is 28.4 Å². The number of hydrogen-bond acceptors (Lipinski definition) is 4. The molecule has 2 aromatic carbocycles. The van der Waals surface area contributed by atoms with Gasteiger partial charge in [-0.25, -0.2) is 12.7 Å². The number of carbonyl (C=O) groups is 2. The van der Waals surface area contributed by atoms with E-state index in [1.807, 2.05) is 30.3 Å². The van der Waals surface area contributed by atoms with Crippen LogP contribution >= 0.6 is 11.6 Å². The highest BCUT2D eigenvalue weighted by Crippen LogP contribution is 2.29. The van der Waals surface area contributed by atoms with Gasteiger partial charge in [0.05, 0.1) is 22.0 Å². The predicted octanol–water partition coefficient (Wildman–Crippen LogP) is 2.38. The summed E-state index contributed by atoms with van der Waals surface area (Å²) in [6, 6.07) is 13.9. The molecule has 0 atom stereocenters. The highest BCUT2D eigenvalue weighted by molar-refractivity contribution is 7.94. The van der Waals surface area contributed by atoms with Crippen molar-refractivity contribution in [1.29, 1.82) is 0 Å². The van der Waals surface area contributed by atoms with E-state index >= 15 is 0 Å². The molecule has 136 valence electrons. The monoisotopic (exact) mass is 392 g/mol. The van der Waals surface area contributed by atoms with Crippen molar-refractivity contribution in [3.05, 3.63) is 64.7 Å². The van der Waals surface area contributed by atoms with Crippen LogP contribution in [0.4, 0.5) is 5.69 Å². The average molecular weight is 393 g/mol. The SMILES string of the molecule is O=C(NCCc1ccccc1)c1cc(N2C(=O)CCS2(=O)=O)ccc1Cl. The van der Waals surface area contributed by atoms with Crippen molar-refractivity contribution < 1.29 is 18.0 Å². The van der Waals surface area contributed by atoms with Crippen molar-refractivity contribution in [1.82, 2.24) is 5.32 Å². The highest BCUT2D eigenvalue weighted by Gasteiger charge is 2.36. The van der Waals surface area contributed by atoms with Crippen LogP contribution in [0.1, 0.15) is 22.3 Å². The number of benzene rings is 2. The van der Waals surface area contributed by atoms with Gasteiger partial charge < -0.3 is 5.32 Å². The van der Waals surface area contributed by atoms with E-state index in [2.05, 4.69) is 5.32 Å². The molecular weight excluding hydrogens is 376 g/mol. The van der Waals surface area contributed by atoms with Crippen LogP contribution in [0.3, 0.4) is 0 Å². The van der Waals surface area contributed by atoms with Crippen LogP contribution in [0.15, 0.2) is 48.5 Å². The molecule has 0 radical (unpaired) electrons. The first kappa shape index (κ1) is 18.4. The Hall–Kier alpha value is -2.38. The van der Waals surface area contributed by atoms with Crippen LogP contribution < -0.4 is 9.62 Å². The zero-order valence-electron chi connectivity index (χ0n) is 13.8. The molecule has 0 aromatic heterocycles. The summed E-state index contributed by atoms with van der Waals surface area (Å²) in [5.74, 6) is -1.16. The number of anilines is 1. The molecule has 8 heteroatoms. The highest BCUT2D eigenvalue weighted by atomic mass is 35.5. The van der Waals surface area contributed by atoms with Crippen LogP contribution in [-0.4, -0.2) is 32.5 Å². The topological polar surface area (TPSA) is 83.6 Å². The van der Waals surface area contributed by atoms with Gasteiger partial charge in [-0.1, -0.05) is 41.9 Å². The maximum atomic E-state index is 12.4. The summed E-state index contributed by atoms with van der Waals surface area (Å²) >= 11 is 6.09. The van der Waals surface area contributed by atoms with Gasteiger partial charge >= 0.3 is 0 Å². The zero-order chi connectivity index (χ0) is 18.7. The summed E-state index contributed by atoms with van der Waals surface area (Å²) in [5, 5.41) is 2.95. The number of rotatable bonds is 5. The van der Waals surface area contributed by atoms with Gasteiger partial charge in [-0.3, -0.25) is 9.59 Å². The third-order valence-corrected chi connectivity index (χ3v) is 6.07. The zero-order valence-corrected chi connectivity index (χ0v) is 15.4. The lowest BCUT2D eigenvalue weighted by Crippen LogP contribution is -2.30. The lowest BCUT2D eigenvalue weighted by atomic mass is 10.1. The van der Waals surface area contributed by atoms with Gasteiger partial charge in [0.2, 0.25) is 15.9 Å². The van der Waals surface area contributed by atoms with E-state index in [0.717, 1.165) is 9.87 Å². The molecule has 2 aromatic rings. The molecule has 0 bridgehead atoms. The Morgan fingerprint density at radius 3 is 2.54 bits per heavy atom. The van der Waals surface area contributed by atoms with E-state index in [1.54, 1.807) is 0 Å². The molecule has 2 amide bonds. The van der Waals surface area contributed by atoms with E-state index in [4.69, 9.17) is 11.6 Å². The number of halogens is 1. The minimum atomic E-state index is -3.69. The molecule has 0 unspecified atom stereocenters. The maximum absolute atomic E-state index is 12.4. The van der Waals surface area contributed by atoms with Crippen LogP contribution in [0.5, 0.6) is 0 Å². The first-order valence-electron chi connectivity index (χ1n) is 8.06. The molecule has 1 heterocycles. The van der Waals surface area contributed by atoms with Gasteiger partial charge in [0, 0.05) is 13.0 Å². The van der Waals surface area contributed by atoms with Gasteiger partial charge in [0.25, 0.3) is 5.91 Å². The number of nitrogens with one attached hydrogen (secondary N) is 1. The quantitative estimate of drug-likeness (QED) is 0.846. The molecule has 0 spiro atoms. The van der Waals surface area contributed by atoms with Crippen molar-refractivity contribution >= 4 is 39.1 Å². The molecule has 0 saturated carbocycles. The minimum Gasteiger partial charge on any atom is -0.352 e. The van der Waals surface area contributed by atoms with Gasteiger partial charge in [-0.2, -0.15) is 0 Å². The van der Waals surface area contributed by atoms with E-state index in [1.165, 1.54) is 18.2 Å². The van der Waals surface area contributed by atoms with E-state index in [0.29, 0.717) is 13.0 Å². The first-order valence-corrected chi connectivity index (χ1v) is 10.0. The lowest BCUT2D eigenvalue weighted by molar-refractivity contribution is -0.116. The van der Waals surface area contributed by atoms with Gasteiger partial charge in [-0.15, -0.1) is 0 Å². The maximum Gasteiger partial charge on any atom is 0.252 e. The van der Waals surface area contributed by atoms with E-state index in [9.17, 15) is 18.0 Å². The fraction of sp³-hybridized carbons (Fsp3) is 0.222.